The molecule has 9 nitrogen and oxygen atoms in total. The van der Waals surface area contributed by atoms with Crippen molar-refractivity contribution in [3.05, 3.63) is 58.1 Å². The van der Waals surface area contributed by atoms with Gasteiger partial charge in [-0.05, 0) is 36.8 Å². The lowest BCUT2D eigenvalue weighted by molar-refractivity contribution is -0.143. The van der Waals surface area contributed by atoms with Crippen LogP contribution >= 0.6 is 11.6 Å². The fraction of sp³-hybridized carbons (Fsp3) is 0.158. The largest absolute Gasteiger partial charge is 0.434 e. The minimum absolute atomic E-state index is 0.196. The van der Waals surface area contributed by atoms with E-state index in [1.165, 1.54) is 11.2 Å². The third kappa shape index (κ3) is 4.32. The van der Waals surface area contributed by atoms with Crippen LogP contribution in [0.4, 0.5) is 34.8 Å². The zero-order valence-electron chi connectivity index (χ0n) is 16.8. The van der Waals surface area contributed by atoms with Gasteiger partial charge in [0.2, 0.25) is 0 Å². The highest BCUT2D eigenvalue weighted by Crippen LogP contribution is 2.35. The molecule has 33 heavy (non-hydrogen) atoms. The molecular weight excluding hydrogens is 468 g/mol. The first-order valence-electron chi connectivity index (χ1n) is 9.31. The molecule has 0 saturated heterocycles. The number of alkyl halides is 3. The van der Waals surface area contributed by atoms with E-state index in [0.29, 0.717) is 22.5 Å². The van der Waals surface area contributed by atoms with Gasteiger partial charge in [0.15, 0.2) is 23.1 Å². The second-order valence-corrected chi connectivity index (χ2v) is 7.30. The molecule has 1 aromatic carbocycles. The average molecular weight is 483 g/mol. The minimum atomic E-state index is -4.98. The monoisotopic (exact) mass is 482 g/mol. The molecule has 0 saturated carbocycles. The number of amides is 1. The Morgan fingerprint density at radius 3 is 2.70 bits per heavy atom. The van der Waals surface area contributed by atoms with E-state index in [4.69, 9.17) is 17.3 Å². The molecule has 2 aromatic heterocycles. The van der Waals surface area contributed by atoms with Crippen LogP contribution in [0.25, 0.3) is 5.82 Å². The number of nitrogens with one attached hydrogen (secondary N) is 2. The molecule has 1 aliphatic rings. The molecule has 0 unspecified atom stereocenters. The van der Waals surface area contributed by atoms with Crippen LogP contribution in [-0.4, -0.2) is 33.4 Å². The summed E-state index contributed by atoms with van der Waals surface area (Å²) in [5, 5.41) is 11.8. The molecule has 0 atom stereocenters. The Kier molecular flexibility index (Phi) is 5.68. The lowest BCUT2D eigenvalue weighted by Crippen LogP contribution is -2.28. The van der Waals surface area contributed by atoms with E-state index < -0.39 is 40.8 Å². The Bertz CT molecular complexity index is 1270. The molecule has 0 bridgehead atoms. The Labute approximate surface area is 188 Å². The SMILES string of the molecule is Cc1cc(N2N=CCN2)c(Cl)cc1NC(=O)c1cnn(-c2ccc(F)c(N)n2)c1C(F)(F)F. The summed E-state index contributed by atoms with van der Waals surface area (Å²) >= 11 is 6.27. The van der Waals surface area contributed by atoms with Crippen LogP contribution in [0.1, 0.15) is 21.6 Å². The van der Waals surface area contributed by atoms with Crippen LogP contribution in [0, 0.1) is 12.7 Å². The van der Waals surface area contributed by atoms with Crippen LogP contribution < -0.4 is 21.6 Å². The lowest BCUT2D eigenvalue weighted by atomic mass is 10.1. The van der Waals surface area contributed by atoms with E-state index >= 15 is 0 Å². The van der Waals surface area contributed by atoms with Crippen molar-refractivity contribution in [1.82, 2.24) is 20.2 Å². The fourth-order valence-corrected chi connectivity index (χ4v) is 3.36. The summed E-state index contributed by atoms with van der Waals surface area (Å²) in [6.45, 7) is 2.15. The summed E-state index contributed by atoms with van der Waals surface area (Å²) in [4.78, 5) is 16.4. The third-order valence-corrected chi connectivity index (χ3v) is 4.96. The predicted molar refractivity (Wildman–Crippen MR) is 114 cm³/mol. The van der Waals surface area contributed by atoms with Crippen molar-refractivity contribution in [3.8, 4) is 5.82 Å². The number of hydrogen-bond acceptors (Lipinski definition) is 7. The van der Waals surface area contributed by atoms with Crippen LogP contribution in [0.15, 0.2) is 35.6 Å². The van der Waals surface area contributed by atoms with Crippen molar-refractivity contribution in [1.29, 1.82) is 0 Å². The number of hydrazone groups is 1. The maximum absolute atomic E-state index is 13.9. The van der Waals surface area contributed by atoms with Crippen molar-refractivity contribution in [2.24, 2.45) is 5.10 Å². The van der Waals surface area contributed by atoms with Gasteiger partial charge >= 0.3 is 6.18 Å². The number of carbonyl (C=O) groups is 1. The van der Waals surface area contributed by atoms with Crippen molar-refractivity contribution in [2.45, 2.75) is 13.1 Å². The van der Waals surface area contributed by atoms with Crippen molar-refractivity contribution in [2.75, 3.05) is 22.7 Å². The van der Waals surface area contributed by atoms with Gasteiger partial charge in [-0.25, -0.2) is 19.5 Å². The van der Waals surface area contributed by atoms with Gasteiger partial charge in [0.1, 0.15) is 0 Å². The Balaban J connectivity index is 1.69. The van der Waals surface area contributed by atoms with E-state index in [1.807, 2.05) is 0 Å². The fourth-order valence-electron chi connectivity index (χ4n) is 3.12. The number of halogens is 5. The zero-order valence-corrected chi connectivity index (χ0v) is 17.5. The molecule has 1 amide bonds. The van der Waals surface area contributed by atoms with Gasteiger partial charge in [-0.3, -0.25) is 4.79 Å². The molecule has 3 heterocycles. The van der Waals surface area contributed by atoms with Gasteiger partial charge in [0.25, 0.3) is 5.91 Å². The van der Waals surface area contributed by atoms with Gasteiger partial charge in [0.05, 0.1) is 29.0 Å². The zero-order chi connectivity index (χ0) is 23.9. The van der Waals surface area contributed by atoms with E-state index in [-0.39, 0.29) is 10.7 Å². The van der Waals surface area contributed by atoms with Crippen molar-refractivity contribution in [3.63, 3.8) is 0 Å². The maximum atomic E-state index is 13.9. The number of hydrazine groups is 1. The number of nitrogens with zero attached hydrogens (tertiary/aromatic N) is 5. The molecule has 0 aliphatic carbocycles. The summed E-state index contributed by atoms with van der Waals surface area (Å²) in [6.07, 6.45) is -2.61. The molecule has 0 radical (unpaired) electrons. The summed E-state index contributed by atoms with van der Waals surface area (Å²) < 4.78 is 55.3. The predicted octanol–water partition coefficient (Wildman–Crippen LogP) is 3.53. The maximum Gasteiger partial charge on any atom is 0.434 e. The van der Waals surface area contributed by atoms with Crippen LogP contribution in [0.2, 0.25) is 5.02 Å². The molecule has 4 rings (SSSR count). The highest BCUT2D eigenvalue weighted by Gasteiger charge is 2.41. The molecule has 1 aliphatic heterocycles. The van der Waals surface area contributed by atoms with Crippen molar-refractivity contribution >= 4 is 40.9 Å². The van der Waals surface area contributed by atoms with Crippen molar-refractivity contribution < 1.29 is 22.4 Å². The number of nitrogens with two attached hydrogens (primary N) is 1. The van der Waals surface area contributed by atoms with E-state index in [9.17, 15) is 22.4 Å². The lowest BCUT2D eigenvalue weighted by Gasteiger charge is -2.18. The molecular formula is C19H15ClF4N8O. The normalized spacial score (nSPS) is 13.6. The number of pyridine rings is 1. The van der Waals surface area contributed by atoms with E-state index in [1.54, 1.807) is 19.2 Å². The van der Waals surface area contributed by atoms with Crippen LogP contribution in [-0.2, 0) is 6.18 Å². The van der Waals surface area contributed by atoms with Gasteiger partial charge in [-0.2, -0.15) is 28.5 Å². The first-order valence-corrected chi connectivity index (χ1v) is 9.69. The van der Waals surface area contributed by atoms with Gasteiger partial charge < -0.3 is 11.1 Å². The molecule has 14 heteroatoms. The number of benzene rings is 1. The molecule has 0 fully saturated rings. The molecule has 172 valence electrons. The standard InChI is InChI=1S/C19H15ClF4N8O/c1-9-6-14(32-26-4-5-27-32)11(20)7-13(9)29-18(33)10-8-28-31(16(10)19(22,23)24)15-3-2-12(21)17(25)30-15/h2-4,6-8,27H,5H2,1H3,(H2,25,30)(H,29,33). The topological polar surface area (TPSA) is 113 Å². The summed E-state index contributed by atoms with van der Waals surface area (Å²) in [5.74, 6) is -2.98. The van der Waals surface area contributed by atoms with Crippen LogP contribution in [0.3, 0.4) is 0 Å². The number of aromatic nitrogens is 3. The average Bonchev–Trinajstić information content (AvgIpc) is 3.42. The van der Waals surface area contributed by atoms with Crippen LogP contribution in [0.5, 0.6) is 0 Å². The van der Waals surface area contributed by atoms with Gasteiger partial charge in [-0.15, -0.1) is 0 Å². The summed E-state index contributed by atoms with van der Waals surface area (Å²) in [6, 6.07) is 4.84. The number of rotatable bonds is 4. The summed E-state index contributed by atoms with van der Waals surface area (Å²) in [7, 11) is 0. The smallest absolute Gasteiger partial charge is 0.381 e. The first-order chi connectivity index (χ1) is 15.6. The van der Waals surface area contributed by atoms with Gasteiger partial charge in [-0.1, -0.05) is 11.6 Å². The number of anilines is 3. The second-order valence-electron chi connectivity index (χ2n) is 6.90. The molecule has 4 N–H and O–H groups in total. The highest BCUT2D eigenvalue weighted by atomic mass is 35.5. The number of aryl methyl sites for hydroxylation is 1. The number of nitrogen functional groups attached to an aromatic ring is 1. The quantitative estimate of drug-likeness (QED) is 0.490. The molecule has 0 spiro atoms. The highest BCUT2D eigenvalue weighted by molar-refractivity contribution is 6.33. The molecule has 3 aromatic rings. The number of carbonyl (C=O) groups excluding carboxylic acids is 1. The second kappa shape index (κ2) is 8.33. The minimum Gasteiger partial charge on any atom is -0.381 e. The Morgan fingerprint density at radius 1 is 1.30 bits per heavy atom. The number of hydrogen-bond donors (Lipinski definition) is 3. The Morgan fingerprint density at radius 2 is 2.06 bits per heavy atom. The first kappa shape index (κ1) is 22.5. The third-order valence-electron chi connectivity index (χ3n) is 4.66. The van der Waals surface area contributed by atoms with E-state index in [0.717, 1.165) is 18.3 Å². The van der Waals surface area contributed by atoms with E-state index in [2.05, 4.69) is 25.9 Å². The van der Waals surface area contributed by atoms with Gasteiger partial charge in [0, 0.05) is 11.9 Å². The Hall–Kier alpha value is -3.71. The summed E-state index contributed by atoms with van der Waals surface area (Å²) in [5.41, 5.74) is 7.37.